The fourth-order valence-corrected chi connectivity index (χ4v) is 2.16. The van der Waals surface area contributed by atoms with Gasteiger partial charge in [0.05, 0.1) is 17.0 Å². The molecule has 0 fully saturated rings. The molecule has 0 bridgehead atoms. The lowest BCUT2D eigenvalue weighted by Crippen LogP contribution is -2.33. The molecule has 20 heavy (non-hydrogen) atoms. The maximum absolute atomic E-state index is 12.1. The number of benzene rings is 1. The number of fused-ring (bicyclic) bond motifs is 1. The second-order valence-electron chi connectivity index (χ2n) is 5.12. The first-order valence-corrected chi connectivity index (χ1v) is 6.44. The highest BCUT2D eigenvalue weighted by Crippen LogP contribution is 2.21. The van der Waals surface area contributed by atoms with Crippen molar-refractivity contribution >= 4 is 23.4 Å². The summed E-state index contributed by atoms with van der Waals surface area (Å²) < 4.78 is 0. The molecule has 1 aromatic carbocycles. The number of carbonyl (C=O) groups is 3. The van der Waals surface area contributed by atoms with E-state index in [2.05, 4.69) is 10.6 Å². The summed E-state index contributed by atoms with van der Waals surface area (Å²) in [6, 6.07) is 4.63. The Bertz CT molecular complexity index is 581. The molecule has 0 saturated carbocycles. The van der Waals surface area contributed by atoms with Crippen molar-refractivity contribution in [1.29, 1.82) is 0 Å². The quantitative estimate of drug-likeness (QED) is 0.705. The van der Waals surface area contributed by atoms with Crippen LogP contribution in [0.15, 0.2) is 18.2 Å². The second-order valence-corrected chi connectivity index (χ2v) is 5.12. The van der Waals surface area contributed by atoms with Gasteiger partial charge in [-0.2, -0.15) is 0 Å². The van der Waals surface area contributed by atoms with Crippen LogP contribution in [0.1, 0.15) is 34.6 Å². The number of hydrogen-bond acceptors (Lipinski definition) is 4. The topological polar surface area (TPSA) is 101 Å². The van der Waals surface area contributed by atoms with Gasteiger partial charge >= 0.3 is 0 Å². The van der Waals surface area contributed by atoms with Crippen LogP contribution in [0, 0.1) is 11.8 Å². The highest BCUT2D eigenvalue weighted by Gasteiger charge is 2.27. The summed E-state index contributed by atoms with van der Waals surface area (Å²) in [6.45, 7) is 4.10. The summed E-state index contributed by atoms with van der Waals surface area (Å²) in [5.74, 6) is -1.21. The van der Waals surface area contributed by atoms with Crippen molar-refractivity contribution in [3.05, 3.63) is 29.3 Å². The van der Waals surface area contributed by atoms with Crippen LogP contribution in [0.25, 0.3) is 0 Å². The first-order valence-electron chi connectivity index (χ1n) is 6.44. The van der Waals surface area contributed by atoms with E-state index in [0.717, 1.165) is 0 Å². The number of nitrogens with two attached hydrogens (primary N) is 1. The largest absolute Gasteiger partial charge is 0.330 e. The maximum atomic E-state index is 12.1. The molecular formula is C14H17N3O3. The first kappa shape index (κ1) is 14.2. The smallest absolute Gasteiger partial charge is 0.259 e. The number of rotatable bonds is 4. The fourth-order valence-electron chi connectivity index (χ4n) is 2.16. The molecule has 6 heteroatoms. The number of anilines is 1. The van der Waals surface area contributed by atoms with Gasteiger partial charge in [-0.1, -0.05) is 13.8 Å². The number of carbonyl (C=O) groups excluding carboxylic acids is 3. The van der Waals surface area contributed by atoms with E-state index in [9.17, 15) is 14.4 Å². The van der Waals surface area contributed by atoms with Crippen molar-refractivity contribution in [1.82, 2.24) is 5.32 Å². The van der Waals surface area contributed by atoms with Crippen molar-refractivity contribution < 1.29 is 14.4 Å². The molecular weight excluding hydrogens is 258 g/mol. The number of imide groups is 1. The lowest BCUT2D eigenvalue weighted by molar-refractivity contribution is -0.120. The minimum atomic E-state index is -0.444. The molecule has 0 radical (unpaired) electrons. The van der Waals surface area contributed by atoms with E-state index in [0.29, 0.717) is 11.3 Å². The molecule has 0 spiro atoms. The van der Waals surface area contributed by atoms with Crippen molar-refractivity contribution in [2.24, 2.45) is 17.6 Å². The summed E-state index contributed by atoms with van der Waals surface area (Å²) in [4.78, 5) is 35.0. The van der Waals surface area contributed by atoms with Gasteiger partial charge < -0.3 is 11.1 Å². The van der Waals surface area contributed by atoms with Gasteiger partial charge in [-0.25, -0.2) is 0 Å². The van der Waals surface area contributed by atoms with Gasteiger partial charge in [-0.3, -0.25) is 19.7 Å². The third kappa shape index (κ3) is 2.55. The van der Waals surface area contributed by atoms with Crippen LogP contribution >= 0.6 is 0 Å². The lowest BCUT2D eigenvalue weighted by Gasteiger charge is -2.18. The van der Waals surface area contributed by atoms with E-state index in [4.69, 9.17) is 5.73 Å². The van der Waals surface area contributed by atoms with E-state index < -0.39 is 11.8 Å². The molecule has 6 nitrogen and oxygen atoms in total. The van der Waals surface area contributed by atoms with Gasteiger partial charge in [-0.15, -0.1) is 0 Å². The SMILES string of the molecule is CC(C)C(CN)C(=O)Nc1ccc2c(c1)C(=O)NC2=O. The summed E-state index contributed by atoms with van der Waals surface area (Å²) in [5.41, 5.74) is 6.68. The Morgan fingerprint density at radius 3 is 2.50 bits per heavy atom. The number of nitrogens with one attached hydrogen (secondary N) is 2. The van der Waals surface area contributed by atoms with Crippen LogP contribution < -0.4 is 16.4 Å². The third-order valence-electron chi connectivity index (χ3n) is 3.40. The monoisotopic (exact) mass is 275 g/mol. The van der Waals surface area contributed by atoms with E-state index in [1.807, 2.05) is 13.8 Å². The first-order chi connectivity index (χ1) is 9.43. The zero-order valence-electron chi connectivity index (χ0n) is 11.4. The minimum absolute atomic E-state index is 0.124. The molecule has 1 aromatic rings. The van der Waals surface area contributed by atoms with Crippen molar-refractivity contribution in [3.8, 4) is 0 Å². The highest BCUT2D eigenvalue weighted by molar-refractivity contribution is 6.22. The van der Waals surface area contributed by atoms with Gasteiger partial charge in [0, 0.05) is 12.2 Å². The van der Waals surface area contributed by atoms with Crippen LogP contribution in [-0.4, -0.2) is 24.3 Å². The van der Waals surface area contributed by atoms with E-state index >= 15 is 0 Å². The van der Waals surface area contributed by atoms with Crippen molar-refractivity contribution in [3.63, 3.8) is 0 Å². The predicted molar refractivity (Wildman–Crippen MR) is 74.3 cm³/mol. The van der Waals surface area contributed by atoms with Crippen molar-refractivity contribution in [2.45, 2.75) is 13.8 Å². The van der Waals surface area contributed by atoms with Gasteiger partial charge in [-0.05, 0) is 24.1 Å². The molecule has 1 heterocycles. The van der Waals surface area contributed by atoms with Crippen LogP contribution in [0.3, 0.4) is 0 Å². The minimum Gasteiger partial charge on any atom is -0.330 e. The third-order valence-corrected chi connectivity index (χ3v) is 3.40. The molecule has 1 aliphatic rings. The van der Waals surface area contributed by atoms with Crippen LogP contribution in [0.4, 0.5) is 5.69 Å². The molecule has 106 valence electrons. The lowest BCUT2D eigenvalue weighted by atomic mass is 9.95. The fraction of sp³-hybridized carbons (Fsp3) is 0.357. The van der Waals surface area contributed by atoms with Crippen LogP contribution in [0.2, 0.25) is 0 Å². The van der Waals surface area contributed by atoms with Gasteiger partial charge in [0.15, 0.2) is 0 Å². The predicted octanol–water partition coefficient (Wildman–Crippen LogP) is 0.740. The Morgan fingerprint density at radius 2 is 1.90 bits per heavy atom. The molecule has 1 atom stereocenters. The van der Waals surface area contributed by atoms with Crippen molar-refractivity contribution in [2.75, 3.05) is 11.9 Å². The average Bonchev–Trinajstić information content (AvgIpc) is 2.65. The Morgan fingerprint density at radius 1 is 1.25 bits per heavy atom. The number of hydrogen-bond donors (Lipinski definition) is 3. The molecule has 1 aliphatic heterocycles. The standard InChI is InChI=1S/C14H17N3O3/c1-7(2)11(6-15)14(20)16-8-3-4-9-10(5-8)13(19)17-12(9)18/h3-5,7,11H,6,15H2,1-2H3,(H,16,20)(H,17,18,19). The van der Waals surface area contributed by atoms with Gasteiger partial charge in [0.2, 0.25) is 5.91 Å². The highest BCUT2D eigenvalue weighted by atomic mass is 16.2. The number of amides is 3. The van der Waals surface area contributed by atoms with Crippen LogP contribution in [-0.2, 0) is 4.79 Å². The normalized spacial score (nSPS) is 15.0. The van der Waals surface area contributed by atoms with E-state index in [1.165, 1.54) is 12.1 Å². The molecule has 4 N–H and O–H groups in total. The maximum Gasteiger partial charge on any atom is 0.259 e. The average molecular weight is 275 g/mol. The molecule has 2 rings (SSSR count). The second kappa shape index (κ2) is 5.42. The molecule has 0 aromatic heterocycles. The Kier molecular flexibility index (Phi) is 3.85. The molecule has 3 amide bonds. The van der Waals surface area contributed by atoms with Gasteiger partial charge in [0.25, 0.3) is 11.8 Å². The Labute approximate surface area is 116 Å². The van der Waals surface area contributed by atoms with E-state index in [1.54, 1.807) is 6.07 Å². The summed E-state index contributed by atoms with van der Waals surface area (Å²) in [6.07, 6.45) is 0. The molecule has 0 saturated heterocycles. The zero-order valence-corrected chi connectivity index (χ0v) is 11.4. The molecule has 1 unspecified atom stereocenters. The van der Waals surface area contributed by atoms with Gasteiger partial charge in [0.1, 0.15) is 0 Å². The Balaban J connectivity index is 2.20. The van der Waals surface area contributed by atoms with Crippen LogP contribution in [0.5, 0.6) is 0 Å². The summed E-state index contributed by atoms with van der Waals surface area (Å²) in [7, 11) is 0. The summed E-state index contributed by atoms with van der Waals surface area (Å²) >= 11 is 0. The van der Waals surface area contributed by atoms with E-state index in [-0.39, 0.29) is 29.9 Å². The molecule has 0 aliphatic carbocycles. The zero-order chi connectivity index (χ0) is 14.9. The Hall–Kier alpha value is -2.21. The summed E-state index contributed by atoms with van der Waals surface area (Å²) in [5, 5.41) is 4.93.